The van der Waals surface area contributed by atoms with Gasteiger partial charge in [0.15, 0.2) is 11.7 Å². The molecule has 1 fully saturated rings. The lowest BCUT2D eigenvalue weighted by molar-refractivity contribution is 0.410. The minimum atomic E-state index is 0. The number of rotatable bonds is 5. The van der Waals surface area contributed by atoms with Crippen molar-refractivity contribution in [3.8, 4) is 11.6 Å². The Morgan fingerprint density at radius 3 is 2.92 bits per heavy atom. The van der Waals surface area contributed by atoms with E-state index in [1.165, 1.54) is 32.1 Å². The van der Waals surface area contributed by atoms with Gasteiger partial charge in [0.05, 0.1) is 6.26 Å². The predicted octanol–water partition coefficient (Wildman–Crippen LogP) is 3.07. The summed E-state index contributed by atoms with van der Waals surface area (Å²) in [4.78, 5) is 9.01. The molecule has 3 N–H and O–H groups in total. The average molecular weight is 444 g/mol. The normalized spacial score (nSPS) is 15.8. The molecular weight excluding hydrogens is 419 g/mol. The van der Waals surface area contributed by atoms with Crippen molar-refractivity contribution in [1.29, 1.82) is 0 Å². The number of hydrogen-bond acceptors (Lipinski definition) is 4. The maximum absolute atomic E-state index is 5.29. The van der Waals surface area contributed by atoms with E-state index in [9.17, 15) is 0 Å². The Hall–Kier alpha value is -1.58. The molecule has 7 nitrogen and oxygen atoms in total. The Morgan fingerprint density at radius 1 is 1.38 bits per heavy atom. The molecule has 1 saturated carbocycles. The fraction of sp³-hybridized carbons (Fsp3) is 0.562. The number of aromatic amines is 1. The van der Waals surface area contributed by atoms with Crippen molar-refractivity contribution < 1.29 is 4.42 Å². The van der Waals surface area contributed by atoms with E-state index in [0.29, 0.717) is 24.2 Å². The molecule has 1 aliphatic rings. The Balaban J connectivity index is 0.00000208. The molecule has 0 saturated heterocycles. The van der Waals surface area contributed by atoms with Crippen molar-refractivity contribution in [2.45, 2.75) is 51.6 Å². The molecule has 24 heavy (non-hydrogen) atoms. The van der Waals surface area contributed by atoms with Gasteiger partial charge in [-0.25, -0.2) is 9.98 Å². The molecule has 0 aromatic carbocycles. The highest BCUT2D eigenvalue weighted by molar-refractivity contribution is 14.0. The highest BCUT2D eigenvalue weighted by Gasteiger charge is 2.14. The van der Waals surface area contributed by atoms with Gasteiger partial charge in [-0.1, -0.05) is 19.3 Å². The number of hydrogen-bond donors (Lipinski definition) is 3. The molecule has 2 aromatic rings. The van der Waals surface area contributed by atoms with E-state index in [-0.39, 0.29) is 24.0 Å². The van der Waals surface area contributed by atoms with Crippen LogP contribution in [0.25, 0.3) is 11.6 Å². The third-order valence-electron chi connectivity index (χ3n) is 3.95. The lowest BCUT2D eigenvalue weighted by atomic mass is 9.96. The molecule has 0 bridgehead atoms. The van der Waals surface area contributed by atoms with Gasteiger partial charge in [-0.15, -0.1) is 29.1 Å². The summed E-state index contributed by atoms with van der Waals surface area (Å²) in [6.07, 6.45) is 7.99. The molecule has 3 rings (SSSR count). The molecule has 132 valence electrons. The van der Waals surface area contributed by atoms with Gasteiger partial charge < -0.3 is 15.1 Å². The Labute approximate surface area is 159 Å². The summed E-state index contributed by atoms with van der Waals surface area (Å²) in [5.74, 6) is 2.78. The zero-order chi connectivity index (χ0) is 15.9. The van der Waals surface area contributed by atoms with Crippen LogP contribution < -0.4 is 10.6 Å². The van der Waals surface area contributed by atoms with Crippen molar-refractivity contribution >= 4 is 29.9 Å². The van der Waals surface area contributed by atoms with Gasteiger partial charge in [-0.2, -0.15) is 0 Å². The van der Waals surface area contributed by atoms with Crippen molar-refractivity contribution in [3.63, 3.8) is 0 Å². The highest BCUT2D eigenvalue weighted by Crippen LogP contribution is 2.17. The lowest BCUT2D eigenvalue weighted by Crippen LogP contribution is -2.44. The van der Waals surface area contributed by atoms with E-state index in [2.05, 4.69) is 37.7 Å². The van der Waals surface area contributed by atoms with Crippen molar-refractivity contribution in [2.24, 2.45) is 4.99 Å². The largest absolute Gasteiger partial charge is 0.461 e. The molecule has 2 heterocycles. The molecule has 2 aromatic heterocycles. The minimum Gasteiger partial charge on any atom is -0.461 e. The first-order valence-electron chi connectivity index (χ1n) is 8.35. The summed E-state index contributed by atoms with van der Waals surface area (Å²) < 4.78 is 5.29. The van der Waals surface area contributed by atoms with Crippen LogP contribution >= 0.6 is 24.0 Å². The van der Waals surface area contributed by atoms with E-state index >= 15 is 0 Å². The van der Waals surface area contributed by atoms with Crippen LogP contribution in [0.2, 0.25) is 0 Å². The third-order valence-corrected chi connectivity index (χ3v) is 3.95. The Kier molecular flexibility index (Phi) is 7.54. The van der Waals surface area contributed by atoms with Crippen molar-refractivity contribution in [2.75, 3.05) is 6.54 Å². The number of nitrogens with zero attached hydrogens (tertiary/aromatic N) is 3. The molecular formula is C16H25IN6O. The number of halogens is 1. The average Bonchev–Trinajstić information content (AvgIpc) is 3.25. The maximum atomic E-state index is 5.29. The van der Waals surface area contributed by atoms with Crippen LogP contribution in [-0.4, -0.2) is 33.7 Å². The van der Waals surface area contributed by atoms with E-state index in [0.717, 1.165) is 18.3 Å². The molecule has 0 unspecified atom stereocenters. The monoisotopic (exact) mass is 444 g/mol. The second-order valence-corrected chi connectivity index (χ2v) is 5.76. The van der Waals surface area contributed by atoms with Gasteiger partial charge in [0.2, 0.25) is 5.82 Å². The van der Waals surface area contributed by atoms with Gasteiger partial charge in [0.1, 0.15) is 12.4 Å². The summed E-state index contributed by atoms with van der Waals surface area (Å²) in [5, 5.41) is 13.9. The van der Waals surface area contributed by atoms with Crippen LogP contribution in [0.1, 0.15) is 44.9 Å². The zero-order valence-electron chi connectivity index (χ0n) is 13.9. The summed E-state index contributed by atoms with van der Waals surface area (Å²) in [5.41, 5.74) is 0. The van der Waals surface area contributed by atoms with Crippen LogP contribution in [0.15, 0.2) is 27.8 Å². The van der Waals surface area contributed by atoms with Crippen LogP contribution in [0.3, 0.4) is 0 Å². The van der Waals surface area contributed by atoms with Crippen LogP contribution in [0, 0.1) is 0 Å². The molecule has 0 radical (unpaired) electrons. The number of H-pyrrole nitrogens is 1. The second-order valence-electron chi connectivity index (χ2n) is 5.76. The minimum absolute atomic E-state index is 0. The first-order valence-corrected chi connectivity index (χ1v) is 8.35. The fourth-order valence-electron chi connectivity index (χ4n) is 2.80. The van der Waals surface area contributed by atoms with Crippen LogP contribution in [0.4, 0.5) is 0 Å². The SMILES string of the molecule is CCNC(=NCc1nc(-c2ccco2)n[nH]1)NC1CCCCC1.I. The first kappa shape index (κ1) is 18.8. The molecule has 0 aliphatic heterocycles. The lowest BCUT2D eigenvalue weighted by Gasteiger charge is -2.24. The number of furan rings is 1. The highest BCUT2D eigenvalue weighted by atomic mass is 127. The summed E-state index contributed by atoms with van der Waals surface area (Å²) >= 11 is 0. The van der Waals surface area contributed by atoms with E-state index < -0.39 is 0 Å². The molecule has 8 heteroatoms. The standard InChI is InChI=1S/C16H24N6O.HI/c1-2-17-16(19-12-7-4-3-5-8-12)18-11-14-20-15(22-21-14)13-9-6-10-23-13;/h6,9-10,12H,2-5,7-8,11H2,1H3,(H2,17,18,19)(H,20,21,22);1H. The molecule has 1 aliphatic carbocycles. The number of aromatic nitrogens is 3. The topological polar surface area (TPSA) is 91.1 Å². The van der Waals surface area contributed by atoms with Gasteiger partial charge in [-0.05, 0) is 31.9 Å². The van der Waals surface area contributed by atoms with Crippen LogP contribution in [-0.2, 0) is 6.54 Å². The van der Waals surface area contributed by atoms with Gasteiger partial charge >= 0.3 is 0 Å². The first-order chi connectivity index (χ1) is 11.3. The molecule has 0 atom stereocenters. The van der Waals surface area contributed by atoms with Gasteiger partial charge in [0.25, 0.3) is 0 Å². The van der Waals surface area contributed by atoms with E-state index in [1.807, 2.05) is 12.1 Å². The smallest absolute Gasteiger partial charge is 0.216 e. The van der Waals surface area contributed by atoms with Crippen LogP contribution in [0.5, 0.6) is 0 Å². The second kappa shape index (κ2) is 9.65. The molecule has 0 amide bonds. The number of guanidine groups is 1. The quantitative estimate of drug-likeness (QED) is 0.375. The number of aliphatic imine (C=N–C) groups is 1. The van der Waals surface area contributed by atoms with E-state index in [4.69, 9.17) is 4.42 Å². The number of nitrogens with one attached hydrogen (secondary N) is 3. The Bertz CT molecular complexity index is 618. The fourth-order valence-corrected chi connectivity index (χ4v) is 2.80. The maximum Gasteiger partial charge on any atom is 0.216 e. The van der Waals surface area contributed by atoms with Crippen molar-refractivity contribution in [1.82, 2.24) is 25.8 Å². The van der Waals surface area contributed by atoms with Gasteiger partial charge in [-0.3, -0.25) is 5.10 Å². The summed E-state index contributed by atoms with van der Waals surface area (Å²) in [7, 11) is 0. The van der Waals surface area contributed by atoms with Crippen molar-refractivity contribution in [3.05, 3.63) is 24.2 Å². The third kappa shape index (κ3) is 5.22. The summed E-state index contributed by atoms with van der Waals surface area (Å²) in [6.45, 7) is 3.36. The Morgan fingerprint density at radius 2 is 2.21 bits per heavy atom. The van der Waals surface area contributed by atoms with Gasteiger partial charge in [0, 0.05) is 12.6 Å². The summed E-state index contributed by atoms with van der Waals surface area (Å²) in [6, 6.07) is 4.18. The van der Waals surface area contributed by atoms with E-state index in [1.54, 1.807) is 6.26 Å². The predicted molar refractivity (Wildman–Crippen MR) is 104 cm³/mol. The zero-order valence-corrected chi connectivity index (χ0v) is 16.2. The molecule has 0 spiro atoms.